The van der Waals surface area contributed by atoms with Crippen molar-refractivity contribution in [2.24, 2.45) is 0 Å². The molecule has 0 saturated carbocycles. The van der Waals surface area contributed by atoms with E-state index in [1.54, 1.807) is 24.4 Å². The summed E-state index contributed by atoms with van der Waals surface area (Å²) >= 11 is 0. The number of rotatable bonds is 3. The maximum absolute atomic E-state index is 13.4. The third kappa shape index (κ3) is 2.27. The topological polar surface area (TPSA) is 48.2 Å². The van der Waals surface area contributed by atoms with Gasteiger partial charge in [-0.1, -0.05) is 0 Å². The van der Waals surface area contributed by atoms with Gasteiger partial charge in [0.15, 0.2) is 0 Å². The lowest BCUT2D eigenvalue weighted by Gasteiger charge is -2.06. The molecule has 3 aromatic heterocycles. The number of halogens is 1. The summed E-state index contributed by atoms with van der Waals surface area (Å²) in [4.78, 5) is 7.71. The van der Waals surface area contributed by atoms with E-state index >= 15 is 0 Å². The fourth-order valence-electron chi connectivity index (χ4n) is 1.85. The van der Waals surface area contributed by atoms with Crippen molar-refractivity contribution in [2.75, 3.05) is 0 Å². The van der Waals surface area contributed by atoms with Gasteiger partial charge in [0.2, 0.25) is 11.8 Å². The molecule has 0 aliphatic carbocycles. The summed E-state index contributed by atoms with van der Waals surface area (Å²) in [6, 6.07) is 6.90. The summed E-state index contributed by atoms with van der Waals surface area (Å²) in [6.45, 7) is 1.93. The molecular weight excluding hydrogens is 247 g/mol. The van der Waals surface area contributed by atoms with E-state index in [0.29, 0.717) is 17.0 Å². The average Bonchev–Trinajstić information content (AvgIpc) is 2.78. The number of hydrogen-bond acceptors (Lipinski definition) is 4. The van der Waals surface area contributed by atoms with Gasteiger partial charge in [-0.15, -0.1) is 0 Å². The van der Waals surface area contributed by atoms with Gasteiger partial charge in [0.05, 0.1) is 5.39 Å². The maximum atomic E-state index is 13.4. The lowest BCUT2D eigenvalue weighted by Crippen LogP contribution is -2.01. The van der Waals surface area contributed by atoms with E-state index in [1.165, 1.54) is 6.20 Å². The van der Waals surface area contributed by atoms with Crippen molar-refractivity contribution in [1.29, 1.82) is 0 Å². The molecule has 0 amide bonds. The van der Waals surface area contributed by atoms with Gasteiger partial charge in [0.25, 0.3) is 0 Å². The molecular formula is C14H11FN2O2. The Morgan fingerprint density at radius 3 is 3.00 bits per heavy atom. The smallest absolute Gasteiger partial charge is 0.225 e. The lowest BCUT2D eigenvalue weighted by atomic mass is 10.3. The molecule has 0 atom stereocenters. The van der Waals surface area contributed by atoms with Crippen molar-refractivity contribution in [3.05, 3.63) is 53.9 Å². The highest BCUT2D eigenvalue weighted by Gasteiger charge is 2.09. The third-order valence-corrected chi connectivity index (χ3v) is 2.73. The highest BCUT2D eigenvalue weighted by Crippen LogP contribution is 2.26. The number of ether oxygens (including phenoxy) is 1. The lowest BCUT2D eigenvalue weighted by molar-refractivity contribution is 0.290. The first kappa shape index (κ1) is 11.6. The van der Waals surface area contributed by atoms with Gasteiger partial charge in [-0.25, -0.2) is 9.97 Å². The standard InChI is InChI=1S/C14H11FN2O2/c1-9-7-11-12(19-9)4-6-17-14(11)18-8-10-3-2-5-16-13(10)15/h2-7H,8H2,1H3. The van der Waals surface area contributed by atoms with Crippen LogP contribution in [0.1, 0.15) is 11.3 Å². The number of nitrogens with zero attached hydrogens (tertiary/aromatic N) is 2. The van der Waals surface area contributed by atoms with Crippen LogP contribution in [0.15, 0.2) is 41.1 Å². The summed E-state index contributed by atoms with van der Waals surface area (Å²) in [5.74, 6) is 0.677. The van der Waals surface area contributed by atoms with E-state index in [4.69, 9.17) is 9.15 Å². The van der Waals surface area contributed by atoms with Crippen molar-refractivity contribution in [3.63, 3.8) is 0 Å². The minimum absolute atomic E-state index is 0.0794. The van der Waals surface area contributed by atoms with Crippen LogP contribution >= 0.6 is 0 Å². The van der Waals surface area contributed by atoms with Crippen LogP contribution in [0.3, 0.4) is 0 Å². The second-order valence-electron chi connectivity index (χ2n) is 4.13. The minimum atomic E-state index is -0.530. The number of pyridine rings is 2. The zero-order valence-corrected chi connectivity index (χ0v) is 10.3. The van der Waals surface area contributed by atoms with Crippen LogP contribution in [0.5, 0.6) is 5.88 Å². The van der Waals surface area contributed by atoms with Crippen LogP contribution in [0.2, 0.25) is 0 Å². The van der Waals surface area contributed by atoms with Gasteiger partial charge < -0.3 is 9.15 Å². The van der Waals surface area contributed by atoms with Gasteiger partial charge in [-0.3, -0.25) is 0 Å². The molecule has 0 saturated heterocycles. The third-order valence-electron chi connectivity index (χ3n) is 2.73. The molecule has 96 valence electrons. The molecule has 4 nitrogen and oxygen atoms in total. The van der Waals surface area contributed by atoms with Crippen molar-refractivity contribution >= 4 is 11.0 Å². The van der Waals surface area contributed by atoms with E-state index < -0.39 is 5.95 Å². The fourth-order valence-corrected chi connectivity index (χ4v) is 1.85. The molecule has 3 heterocycles. The maximum Gasteiger partial charge on any atom is 0.225 e. The van der Waals surface area contributed by atoms with E-state index in [2.05, 4.69) is 9.97 Å². The summed E-state index contributed by atoms with van der Waals surface area (Å²) in [7, 11) is 0. The van der Waals surface area contributed by atoms with Crippen LogP contribution in [0.25, 0.3) is 11.0 Å². The zero-order chi connectivity index (χ0) is 13.2. The summed E-state index contributed by atoms with van der Waals surface area (Å²) in [5, 5.41) is 0.782. The Morgan fingerprint density at radius 1 is 1.26 bits per heavy atom. The molecule has 0 spiro atoms. The van der Waals surface area contributed by atoms with E-state index in [9.17, 15) is 4.39 Å². The summed E-state index contributed by atoms with van der Waals surface area (Å²) in [6.07, 6.45) is 3.00. The van der Waals surface area contributed by atoms with Crippen molar-refractivity contribution in [1.82, 2.24) is 9.97 Å². The van der Waals surface area contributed by atoms with Crippen molar-refractivity contribution in [2.45, 2.75) is 13.5 Å². The van der Waals surface area contributed by atoms with Crippen LogP contribution in [-0.4, -0.2) is 9.97 Å². The van der Waals surface area contributed by atoms with Crippen LogP contribution in [0, 0.1) is 12.9 Å². The number of hydrogen-bond donors (Lipinski definition) is 0. The molecule has 0 aliphatic heterocycles. The number of aryl methyl sites for hydroxylation is 1. The molecule has 3 aromatic rings. The Bertz CT molecular complexity index is 724. The van der Waals surface area contributed by atoms with Crippen LogP contribution in [0.4, 0.5) is 4.39 Å². The van der Waals surface area contributed by atoms with Gasteiger partial charge in [-0.05, 0) is 25.1 Å². The van der Waals surface area contributed by atoms with Crippen molar-refractivity contribution < 1.29 is 13.5 Å². The van der Waals surface area contributed by atoms with Crippen molar-refractivity contribution in [3.8, 4) is 5.88 Å². The SMILES string of the molecule is Cc1cc2c(OCc3cccnc3F)nccc2o1. The monoisotopic (exact) mass is 258 g/mol. The van der Waals surface area contributed by atoms with Gasteiger partial charge >= 0.3 is 0 Å². The Morgan fingerprint density at radius 2 is 2.16 bits per heavy atom. The van der Waals surface area contributed by atoms with E-state index in [0.717, 1.165) is 11.1 Å². The summed E-state index contributed by atoms with van der Waals surface area (Å²) in [5.41, 5.74) is 1.09. The molecule has 19 heavy (non-hydrogen) atoms. The Kier molecular flexibility index (Phi) is 2.87. The first-order chi connectivity index (χ1) is 9.24. The zero-order valence-electron chi connectivity index (χ0n) is 10.3. The minimum Gasteiger partial charge on any atom is -0.472 e. The molecule has 0 bridgehead atoms. The number of furan rings is 1. The molecule has 0 aromatic carbocycles. The van der Waals surface area contributed by atoms with Gasteiger partial charge in [-0.2, -0.15) is 4.39 Å². The quantitative estimate of drug-likeness (QED) is 0.676. The van der Waals surface area contributed by atoms with Gasteiger partial charge in [0, 0.05) is 24.0 Å². The predicted molar refractivity (Wildman–Crippen MR) is 67.3 cm³/mol. The largest absolute Gasteiger partial charge is 0.472 e. The highest BCUT2D eigenvalue weighted by atomic mass is 19.1. The molecule has 0 radical (unpaired) electrons. The normalized spacial score (nSPS) is 10.8. The Labute approximate surface area is 108 Å². The predicted octanol–water partition coefficient (Wildman–Crippen LogP) is 3.25. The van der Waals surface area contributed by atoms with Crippen LogP contribution in [-0.2, 0) is 6.61 Å². The Balaban J connectivity index is 1.88. The first-order valence-electron chi connectivity index (χ1n) is 5.81. The average molecular weight is 258 g/mol. The first-order valence-corrected chi connectivity index (χ1v) is 5.81. The summed E-state index contributed by atoms with van der Waals surface area (Å²) < 4.78 is 24.4. The molecule has 3 rings (SSSR count). The molecule has 5 heteroatoms. The Hall–Kier alpha value is -2.43. The van der Waals surface area contributed by atoms with Gasteiger partial charge in [0.1, 0.15) is 18.0 Å². The molecule has 0 N–H and O–H groups in total. The van der Waals surface area contributed by atoms with E-state index in [1.807, 2.05) is 13.0 Å². The molecule has 0 aliphatic rings. The van der Waals surface area contributed by atoms with Crippen LogP contribution < -0.4 is 4.74 Å². The van der Waals surface area contributed by atoms with E-state index in [-0.39, 0.29) is 6.61 Å². The second kappa shape index (κ2) is 4.68. The highest BCUT2D eigenvalue weighted by molar-refractivity contribution is 5.82. The number of aromatic nitrogens is 2. The fraction of sp³-hybridized carbons (Fsp3) is 0.143. The molecule has 0 unspecified atom stereocenters. The second-order valence-corrected chi connectivity index (χ2v) is 4.13. The number of fused-ring (bicyclic) bond motifs is 1. The molecule has 0 fully saturated rings.